The van der Waals surface area contributed by atoms with Gasteiger partial charge in [-0.15, -0.1) is 11.3 Å². The minimum Gasteiger partial charge on any atom is -0.359 e. The van der Waals surface area contributed by atoms with E-state index in [2.05, 4.69) is 69.6 Å². The SMILES string of the molecule is CC(C)Nc1nc(C(C)Cc2cccc(C(C)C)c2)cs1. The van der Waals surface area contributed by atoms with E-state index in [4.69, 9.17) is 4.98 Å². The van der Waals surface area contributed by atoms with Crippen LogP contribution < -0.4 is 5.32 Å². The van der Waals surface area contributed by atoms with E-state index in [0.717, 1.165) is 11.6 Å². The summed E-state index contributed by atoms with van der Waals surface area (Å²) in [5.41, 5.74) is 4.01. The van der Waals surface area contributed by atoms with Crippen molar-refractivity contribution >= 4 is 16.5 Å². The molecule has 114 valence electrons. The Bertz CT molecular complexity index is 572. The molecule has 0 saturated carbocycles. The molecule has 0 spiro atoms. The fraction of sp³-hybridized carbons (Fsp3) is 0.500. The summed E-state index contributed by atoms with van der Waals surface area (Å²) in [5.74, 6) is 1.03. The maximum Gasteiger partial charge on any atom is 0.183 e. The number of thiazole rings is 1. The van der Waals surface area contributed by atoms with E-state index in [1.165, 1.54) is 16.8 Å². The van der Waals surface area contributed by atoms with Gasteiger partial charge < -0.3 is 5.32 Å². The van der Waals surface area contributed by atoms with Gasteiger partial charge in [-0.3, -0.25) is 0 Å². The summed E-state index contributed by atoms with van der Waals surface area (Å²) in [6.07, 6.45) is 1.05. The van der Waals surface area contributed by atoms with Crippen LogP contribution in [0, 0.1) is 0 Å². The Balaban J connectivity index is 2.05. The Hall–Kier alpha value is -1.35. The van der Waals surface area contributed by atoms with Gasteiger partial charge in [-0.2, -0.15) is 0 Å². The molecule has 21 heavy (non-hydrogen) atoms. The molecule has 0 radical (unpaired) electrons. The van der Waals surface area contributed by atoms with Crippen molar-refractivity contribution in [3.05, 3.63) is 46.5 Å². The Morgan fingerprint density at radius 1 is 1.14 bits per heavy atom. The highest BCUT2D eigenvalue weighted by molar-refractivity contribution is 7.13. The van der Waals surface area contributed by atoms with Crippen molar-refractivity contribution < 1.29 is 0 Å². The first-order valence-corrected chi connectivity index (χ1v) is 8.64. The summed E-state index contributed by atoms with van der Waals surface area (Å²) in [6.45, 7) is 11.0. The molecule has 0 aliphatic rings. The molecule has 0 amide bonds. The van der Waals surface area contributed by atoms with Gasteiger partial charge in [0.2, 0.25) is 0 Å². The first-order valence-electron chi connectivity index (χ1n) is 7.76. The van der Waals surface area contributed by atoms with Gasteiger partial charge in [-0.05, 0) is 37.3 Å². The molecule has 0 aliphatic carbocycles. The van der Waals surface area contributed by atoms with E-state index < -0.39 is 0 Å². The predicted octanol–water partition coefficient (Wildman–Crippen LogP) is 5.43. The second-order valence-electron chi connectivity index (χ2n) is 6.38. The molecule has 2 rings (SSSR count). The molecule has 2 nitrogen and oxygen atoms in total. The van der Waals surface area contributed by atoms with Gasteiger partial charge in [0.25, 0.3) is 0 Å². The standard InChI is InChI=1S/C18H26N2S/c1-12(2)16-8-6-7-15(10-16)9-14(5)17-11-21-18(20-17)19-13(3)4/h6-8,10-14H,9H2,1-5H3,(H,19,20). The van der Waals surface area contributed by atoms with Gasteiger partial charge in [-0.1, -0.05) is 45.0 Å². The van der Waals surface area contributed by atoms with Crippen LogP contribution in [0.2, 0.25) is 0 Å². The highest BCUT2D eigenvalue weighted by Crippen LogP contribution is 2.26. The van der Waals surface area contributed by atoms with Gasteiger partial charge in [0.1, 0.15) is 0 Å². The molecule has 1 N–H and O–H groups in total. The van der Waals surface area contributed by atoms with E-state index in [1.807, 2.05) is 0 Å². The van der Waals surface area contributed by atoms with Crippen LogP contribution in [0.5, 0.6) is 0 Å². The van der Waals surface area contributed by atoms with Gasteiger partial charge >= 0.3 is 0 Å². The largest absolute Gasteiger partial charge is 0.359 e. The molecule has 1 unspecified atom stereocenters. The molecule has 0 aliphatic heterocycles. The molecule has 1 atom stereocenters. The van der Waals surface area contributed by atoms with Crippen LogP contribution in [-0.4, -0.2) is 11.0 Å². The molecule has 0 saturated heterocycles. The van der Waals surface area contributed by atoms with Crippen molar-refractivity contribution in [1.82, 2.24) is 4.98 Å². The maximum atomic E-state index is 4.71. The lowest BCUT2D eigenvalue weighted by atomic mass is 9.95. The average Bonchev–Trinajstić information content (AvgIpc) is 2.86. The van der Waals surface area contributed by atoms with E-state index in [0.29, 0.717) is 17.9 Å². The quantitative estimate of drug-likeness (QED) is 0.769. The van der Waals surface area contributed by atoms with Crippen molar-refractivity contribution in [2.24, 2.45) is 0 Å². The summed E-state index contributed by atoms with van der Waals surface area (Å²) >= 11 is 1.70. The van der Waals surface area contributed by atoms with Crippen LogP contribution in [0.1, 0.15) is 63.3 Å². The van der Waals surface area contributed by atoms with Gasteiger partial charge in [-0.25, -0.2) is 4.98 Å². The minimum absolute atomic E-state index is 0.432. The van der Waals surface area contributed by atoms with Crippen molar-refractivity contribution in [1.29, 1.82) is 0 Å². The molecule has 0 fully saturated rings. The summed E-state index contributed by atoms with van der Waals surface area (Å²) in [5, 5.41) is 6.59. The van der Waals surface area contributed by atoms with Crippen LogP contribution in [0.3, 0.4) is 0 Å². The lowest BCUT2D eigenvalue weighted by Crippen LogP contribution is -2.09. The second-order valence-corrected chi connectivity index (χ2v) is 7.24. The zero-order chi connectivity index (χ0) is 15.4. The van der Waals surface area contributed by atoms with Gasteiger partial charge in [0, 0.05) is 17.3 Å². The topological polar surface area (TPSA) is 24.9 Å². The smallest absolute Gasteiger partial charge is 0.183 e. The molecule has 1 aromatic carbocycles. The number of hydrogen-bond donors (Lipinski definition) is 1. The summed E-state index contributed by atoms with van der Waals surface area (Å²) < 4.78 is 0. The molecular weight excluding hydrogens is 276 g/mol. The molecule has 2 aromatic rings. The fourth-order valence-corrected chi connectivity index (χ4v) is 3.34. The van der Waals surface area contributed by atoms with E-state index in [9.17, 15) is 0 Å². The van der Waals surface area contributed by atoms with Gasteiger partial charge in [0.15, 0.2) is 5.13 Å². The van der Waals surface area contributed by atoms with Crippen molar-refractivity contribution in [3.8, 4) is 0 Å². The van der Waals surface area contributed by atoms with Crippen molar-refractivity contribution in [2.75, 3.05) is 5.32 Å². The zero-order valence-corrected chi connectivity index (χ0v) is 14.5. The third kappa shape index (κ3) is 4.57. The van der Waals surface area contributed by atoms with Crippen LogP contribution in [0.15, 0.2) is 29.6 Å². The van der Waals surface area contributed by atoms with Gasteiger partial charge in [0.05, 0.1) is 5.69 Å². The zero-order valence-electron chi connectivity index (χ0n) is 13.7. The first kappa shape index (κ1) is 16.0. The summed E-state index contributed by atoms with van der Waals surface area (Å²) in [6, 6.07) is 9.38. The van der Waals surface area contributed by atoms with E-state index >= 15 is 0 Å². The number of anilines is 1. The Labute approximate surface area is 132 Å². The lowest BCUT2D eigenvalue weighted by Gasteiger charge is -2.12. The number of nitrogens with zero attached hydrogens (tertiary/aromatic N) is 1. The number of rotatable bonds is 6. The third-order valence-electron chi connectivity index (χ3n) is 3.60. The fourth-order valence-electron chi connectivity index (χ4n) is 2.36. The molecule has 0 bridgehead atoms. The first-order chi connectivity index (χ1) is 9.95. The third-order valence-corrected chi connectivity index (χ3v) is 4.39. The predicted molar refractivity (Wildman–Crippen MR) is 93.5 cm³/mol. The number of aromatic nitrogens is 1. The van der Waals surface area contributed by atoms with Crippen LogP contribution in [0.4, 0.5) is 5.13 Å². The van der Waals surface area contributed by atoms with Crippen LogP contribution in [0.25, 0.3) is 0 Å². The highest BCUT2D eigenvalue weighted by atomic mass is 32.1. The lowest BCUT2D eigenvalue weighted by molar-refractivity contribution is 0.733. The average molecular weight is 302 g/mol. The van der Waals surface area contributed by atoms with Crippen molar-refractivity contribution in [2.45, 2.75) is 58.9 Å². The minimum atomic E-state index is 0.432. The van der Waals surface area contributed by atoms with E-state index in [-0.39, 0.29) is 0 Å². The van der Waals surface area contributed by atoms with E-state index in [1.54, 1.807) is 11.3 Å². The Kier molecular flexibility index (Phi) is 5.40. The summed E-state index contributed by atoms with van der Waals surface area (Å²) in [7, 11) is 0. The van der Waals surface area contributed by atoms with Crippen molar-refractivity contribution in [3.63, 3.8) is 0 Å². The molecular formula is C18H26N2S. The monoisotopic (exact) mass is 302 g/mol. The maximum absolute atomic E-state index is 4.71. The van der Waals surface area contributed by atoms with Crippen LogP contribution in [-0.2, 0) is 6.42 Å². The number of nitrogens with one attached hydrogen (secondary N) is 1. The normalized spacial score (nSPS) is 12.9. The Morgan fingerprint density at radius 2 is 1.90 bits per heavy atom. The number of benzene rings is 1. The molecule has 3 heteroatoms. The summed E-state index contributed by atoms with van der Waals surface area (Å²) in [4.78, 5) is 4.71. The molecule has 1 aromatic heterocycles. The number of hydrogen-bond acceptors (Lipinski definition) is 3. The molecule has 1 heterocycles. The highest BCUT2D eigenvalue weighted by Gasteiger charge is 2.12. The second kappa shape index (κ2) is 7.08. The Morgan fingerprint density at radius 3 is 2.57 bits per heavy atom. The van der Waals surface area contributed by atoms with Crippen LogP contribution >= 0.6 is 11.3 Å².